The predicted molar refractivity (Wildman–Crippen MR) is 48.2 cm³/mol. The van der Waals surface area contributed by atoms with E-state index in [1.165, 1.54) is 18.4 Å². The van der Waals surface area contributed by atoms with E-state index in [0.717, 1.165) is 11.5 Å². The average Bonchev–Trinajstić information content (AvgIpc) is 3.00. The highest BCUT2D eigenvalue weighted by molar-refractivity contribution is 5.49. The van der Waals surface area contributed by atoms with Gasteiger partial charge in [-0.2, -0.15) is 0 Å². The molecule has 2 nitrogen and oxygen atoms in total. The van der Waals surface area contributed by atoms with Gasteiger partial charge in [-0.1, -0.05) is 6.07 Å². The zero-order valence-corrected chi connectivity index (χ0v) is 7.38. The first kappa shape index (κ1) is 7.25. The molecule has 2 heteroatoms. The highest BCUT2D eigenvalue weighted by Crippen LogP contribution is 2.47. The molecule has 1 aromatic carbocycles. The van der Waals surface area contributed by atoms with Gasteiger partial charge in [0.2, 0.25) is 0 Å². The van der Waals surface area contributed by atoms with Crippen LogP contribution < -0.4 is 9.47 Å². The zero-order chi connectivity index (χ0) is 8.67. The molecule has 2 aliphatic rings. The number of ether oxygens (including phenoxy) is 2. The summed E-state index contributed by atoms with van der Waals surface area (Å²) in [6.07, 6.45) is 2.55. The minimum atomic E-state index is 0.668. The lowest BCUT2D eigenvalue weighted by Gasteiger charge is -2.20. The molecule has 0 bridgehead atoms. The molecule has 0 spiro atoms. The van der Waals surface area contributed by atoms with Gasteiger partial charge in [-0.25, -0.2) is 0 Å². The van der Waals surface area contributed by atoms with Crippen LogP contribution in [0.5, 0.6) is 11.5 Å². The van der Waals surface area contributed by atoms with E-state index in [2.05, 4.69) is 6.07 Å². The summed E-state index contributed by atoms with van der Waals surface area (Å²) in [6.45, 7) is 1.34. The van der Waals surface area contributed by atoms with Crippen molar-refractivity contribution in [1.29, 1.82) is 0 Å². The van der Waals surface area contributed by atoms with Crippen LogP contribution in [0.4, 0.5) is 0 Å². The number of fused-ring (bicyclic) bond motifs is 1. The Bertz CT molecular complexity index is 329. The quantitative estimate of drug-likeness (QED) is 0.651. The van der Waals surface area contributed by atoms with E-state index in [-0.39, 0.29) is 0 Å². The second-order valence-corrected chi connectivity index (χ2v) is 3.56. The summed E-state index contributed by atoms with van der Waals surface area (Å²) >= 11 is 0. The van der Waals surface area contributed by atoms with Gasteiger partial charge in [-0.05, 0) is 30.9 Å². The van der Waals surface area contributed by atoms with Crippen LogP contribution in [0.1, 0.15) is 24.3 Å². The summed E-state index contributed by atoms with van der Waals surface area (Å²) in [4.78, 5) is 0. The van der Waals surface area contributed by atoms with Crippen LogP contribution in [0.25, 0.3) is 0 Å². The molecule has 67 valence electrons. The van der Waals surface area contributed by atoms with Gasteiger partial charge in [0.15, 0.2) is 11.5 Å². The molecular weight excluding hydrogens is 164 g/mol. The molecule has 0 amide bonds. The molecule has 1 fully saturated rings. The maximum Gasteiger partial charge on any atom is 0.165 e. The lowest BCUT2D eigenvalue weighted by Crippen LogP contribution is -2.16. The van der Waals surface area contributed by atoms with Gasteiger partial charge in [-0.15, -0.1) is 0 Å². The molecule has 1 saturated carbocycles. The molecule has 1 aliphatic carbocycles. The van der Waals surface area contributed by atoms with Crippen molar-refractivity contribution < 1.29 is 9.47 Å². The number of rotatable bonds is 1. The van der Waals surface area contributed by atoms with Gasteiger partial charge < -0.3 is 9.47 Å². The summed E-state index contributed by atoms with van der Waals surface area (Å²) in [5.74, 6) is 2.51. The smallest absolute Gasteiger partial charge is 0.165 e. The van der Waals surface area contributed by atoms with E-state index in [1.54, 1.807) is 0 Å². The molecule has 3 rings (SSSR count). The van der Waals surface area contributed by atoms with E-state index in [1.807, 2.05) is 12.1 Å². The number of benzene rings is 1. The molecule has 0 saturated heterocycles. The van der Waals surface area contributed by atoms with Crippen molar-refractivity contribution in [3.8, 4) is 11.5 Å². The van der Waals surface area contributed by atoms with Crippen molar-refractivity contribution in [2.45, 2.75) is 18.8 Å². The van der Waals surface area contributed by atoms with Crippen molar-refractivity contribution in [2.75, 3.05) is 13.2 Å². The Balaban J connectivity index is 2.07. The topological polar surface area (TPSA) is 18.5 Å². The third-order valence-corrected chi connectivity index (χ3v) is 2.51. The number of hydrogen-bond donors (Lipinski definition) is 0. The molecule has 1 heterocycles. The minimum Gasteiger partial charge on any atom is -0.486 e. The molecule has 0 unspecified atom stereocenters. The first-order valence-electron chi connectivity index (χ1n) is 4.75. The third kappa shape index (κ3) is 1.17. The van der Waals surface area contributed by atoms with Gasteiger partial charge in [0.05, 0.1) is 0 Å². The van der Waals surface area contributed by atoms with Crippen LogP contribution in [0.3, 0.4) is 0 Å². The first-order valence-corrected chi connectivity index (χ1v) is 4.75. The van der Waals surface area contributed by atoms with Crippen molar-refractivity contribution in [3.05, 3.63) is 23.8 Å². The largest absolute Gasteiger partial charge is 0.486 e. The highest BCUT2D eigenvalue weighted by atomic mass is 16.6. The second-order valence-electron chi connectivity index (χ2n) is 3.56. The molecule has 0 atom stereocenters. The molecule has 13 heavy (non-hydrogen) atoms. The van der Waals surface area contributed by atoms with Crippen molar-refractivity contribution >= 4 is 0 Å². The van der Waals surface area contributed by atoms with Gasteiger partial charge in [-0.3, -0.25) is 0 Å². The first-order chi connectivity index (χ1) is 6.45. The Morgan fingerprint density at radius 2 is 2.08 bits per heavy atom. The number of hydrogen-bond acceptors (Lipinski definition) is 2. The van der Waals surface area contributed by atoms with E-state index in [9.17, 15) is 0 Å². The lowest BCUT2D eigenvalue weighted by atomic mass is 10.1. The Kier molecular flexibility index (Phi) is 1.48. The summed E-state index contributed by atoms with van der Waals surface area (Å²) in [6, 6.07) is 7.12. The van der Waals surface area contributed by atoms with Gasteiger partial charge in [0.1, 0.15) is 13.2 Å². The summed E-state index contributed by atoms with van der Waals surface area (Å²) in [5, 5.41) is 0. The SMILES string of the molecule is [c]1ccc2c(c1C1CC1)OCCO2. The molecular formula is C11H11O2. The van der Waals surface area contributed by atoms with Crippen LogP contribution in [0, 0.1) is 6.07 Å². The fourth-order valence-electron chi connectivity index (χ4n) is 1.71. The Morgan fingerprint density at radius 1 is 1.23 bits per heavy atom. The lowest BCUT2D eigenvalue weighted by molar-refractivity contribution is 0.170. The monoisotopic (exact) mass is 175 g/mol. The summed E-state index contributed by atoms with van der Waals surface area (Å²) < 4.78 is 11.1. The van der Waals surface area contributed by atoms with Gasteiger partial charge in [0, 0.05) is 5.56 Å². The van der Waals surface area contributed by atoms with Gasteiger partial charge in [0.25, 0.3) is 0 Å². The Hall–Kier alpha value is -1.18. The standard InChI is InChI=1S/C11H11O2/c1-2-9(8-4-5-8)11-10(3-1)12-6-7-13-11/h1,3,8H,4-7H2. The average molecular weight is 175 g/mol. The highest BCUT2D eigenvalue weighted by Gasteiger charge is 2.29. The zero-order valence-electron chi connectivity index (χ0n) is 7.38. The van der Waals surface area contributed by atoms with Crippen LogP contribution in [0.2, 0.25) is 0 Å². The normalized spacial score (nSPS) is 20.0. The molecule has 1 aliphatic heterocycles. The van der Waals surface area contributed by atoms with Gasteiger partial charge >= 0.3 is 0 Å². The van der Waals surface area contributed by atoms with Crippen molar-refractivity contribution in [1.82, 2.24) is 0 Å². The van der Waals surface area contributed by atoms with Crippen LogP contribution in [-0.4, -0.2) is 13.2 Å². The molecule has 0 aromatic heterocycles. The van der Waals surface area contributed by atoms with Crippen LogP contribution in [0.15, 0.2) is 12.1 Å². The van der Waals surface area contributed by atoms with Crippen LogP contribution in [-0.2, 0) is 0 Å². The second kappa shape index (κ2) is 2.66. The van der Waals surface area contributed by atoms with Crippen LogP contribution >= 0.6 is 0 Å². The minimum absolute atomic E-state index is 0.668. The van der Waals surface area contributed by atoms with Crippen molar-refractivity contribution in [3.63, 3.8) is 0 Å². The molecule has 1 radical (unpaired) electrons. The van der Waals surface area contributed by atoms with E-state index >= 15 is 0 Å². The molecule has 1 aromatic rings. The summed E-state index contributed by atoms with van der Waals surface area (Å²) in [7, 11) is 0. The Labute approximate surface area is 77.5 Å². The predicted octanol–water partition coefficient (Wildman–Crippen LogP) is 2.14. The summed E-state index contributed by atoms with van der Waals surface area (Å²) in [5.41, 5.74) is 1.22. The van der Waals surface area contributed by atoms with E-state index in [0.29, 0.717) is 19.1 Å². The fourth-order valence-corrected chi connectivity index (χ4v) is 1.71. The van der Waals surface area contributed by atoms with E-state index in [4.69, 9.17) is 9.47 Å². The third-order valence-electron chi connectivity index (χ3n) is 2.51. The molecule has 0 N–H and O–H groups in total. The fraction of sp³-hybridized carbons (Fsp3) is 0.455. The maximum atomic E-state index is 5.60. The Morgan fingerprint density at radius 3 is 2.92 bits per heavy atom. The van der Waals surface area contributed by atoms with Crippen molar-refractivity contribution in [2.24, 2.45) is 0 Å². The van der Waals surface area contributed by atoms with E-state index < -0.39 is 0 Å². The maximum absolute atomic E-state index is 5.60.